The van der Waals surface area contributed by atoms with Crippen molar-refractivity contribution in [3.05, 3.63) is 18.2 Å². The van der Waals surface area contributed by atoms with Crippen LogP contribution in [-0.2, 0) is 6.42 Å². The second-order valence-corrected chi connectivity index (χ2v) is 3.14. The number of hydrogen-bond acceptors (Lipinski definition) is 1. The van der Waals surface area contributed by atoms with Gasteiger partial charge in [-0.1, -0.05) is 13.3 Å². The maximum Gasteiger partial charge on any atom is 0.0950 e. The quantitative estimate of drug-likeness (QED) is 0.650. The Bertz CT molecular complexity index is 213. The van der Waals surface area contributed by atoms with Gasteiger partial charge < -0.3 is 4.57 Å². The van der Waals surface area contributed by atoms with Gasteiger partial charge >= 0.3 is 0 Å². The van der Waals surface area contributed by atoms with Gasteiger partial charge in [-0.3, -0.25) is 0 Å². The summed E-state index contributed by atoms with van der Waals surface area (Å²) in [6.07, 6.45) is 6.20. The first-order valence-electron chi connectivity index (χ1n) is 4.26. The molecule has 0 amide bonds. The molecule has 0 atom stereocenters. The lowest BCUT2D eigenvalue weighted by molar-refractivity contribution is 0.570. The summed E-state index contributed by atoms with van der Waals surface area (Å²) in [4.78, 5) is 4.12. The maximum atomic E-state index is 4.12. The average Bonchev–Trinajstić information content (AvgIpc) is 2.36. The third-order valence-electron chi connectivity index (χ3n) is 1.81. The van der Waals surface area contributed by atoms with Crippen LogP contribution in [0, 0.1) is 0 Å². The first-order valence-corrected chi connectivity index (χ1v) is 4.26. The fourth-order valence-corrected chi connectivity index (χ4v) is 1.25. The van der Waals surface area contributed by atoms with E-state index < -0.39 is 0 Å². The van der Waals surface area contributed by atoms with E-state index in [2.05, 4.69) is 30.3 Å². The molecule has 0 spiro atoms. The highest BCUT2D eigenvalue weighted by molar-refractivity contribution is 4.99. The van der Waals surface area contributed by atoms with Gasteiger partial charge in [0, 0.05) is 17.9 Å². The van der Waals surface area contributed by atoms with Crippen LogP contribution in [0.5, 0.6) is 0 Å². The highest BCUT2D eigenvalue weighted by Gasteiger charge is 2.02. The van der Waals surface area contributed by atoms with Gasteiger partial charge in [-0.15, -0.1) is 0 Å². The molecule has 62 valence electrons. The Labute approximate surface area is 68.3 Å². The summed E-state index contributed by atoms with van der Waals surface area (Å²) < 4.78 is 2.23. The average molecular weight is 152 g/mol. The van der Waals surface area contributed by atoms with Gasteiger partial charge in [0.25, 0.3) is 0 Å². The molecule has 0 aromatic carbocycles. The molecule has 0 fully saturated rings. The van der Waals surface area contributed by atoms with Gasteiger partial charge in [0.05, 0.1) is 6.33 Å². The fraction of sp³-hybridized carbons (Fsp3) is 0.667. The minimum Gasteiger partial charge on any atom is -0.332 e. The molecule has 2 heteroatoms. The van der Waals surface area contributed by atoms with Crippen LogP contribution in [0.25, 0.3) is 0 Å². The largest absolute Gasteiger partial charge is 0.332 e. The Balaban J connectivity index is 2.78. The third kappa shape index (κ3) is 1.82. The molecule has 0 aliphatic heterocycles. The van der Waals surface area contributed by atoms with Crippen molar-refractivity contribution in [3.8, 4) is 0 Å². The maximum absolute atomic E-state index is 4.12. The number of rotatable bonds is 3. The number of aryl methyl sites for hydroxylation is 1. The molecule has 0 unspecified atom stereocenters. The number of hydrogen-bond donors (Lipinski definition) is 0. The second-order valence-electron chi connectivity index (χ2n) is 3.14. The molecule has 0 radical (unpaired) electrons. The predicted octanol–water partition coefficient (Wildman–Crippen LogP) is 2.42. The first-order chi connectivity index (χ1) is 5.25. The summed E-state index contributed by atoms with van der Waals surface area (Å²) >= 11 is 0. The van der Waals surface area contributed by atoms with Crippen LogP contribution in [0.3, 0.4) is 0 Å². The molecule has 1 heterocycles. The van der Waals surface area contributed by atoms with Crippen molar-refractivity contribution in [1.29, 1.82) is 0 Å². The SMILES string of the molecule is CCCc1cncn1C(C)C. The predicted molar refractivity (Wildman–Crippen MR) is 46.6 cm³/mol. The minimum absolute atomic E-state index is 0.541. The zero-order valence-corrected chi connectivity index (χ0v) is 7.54. The third-order valence-corrected chi connectivity index (χ3v) is 1.81. The van der Waals surface area contributed by atoms with Crippen LogP contribution in [0.4, 0.5) is 0 Å². The van der Waals surface area contributed by atoms with E-state index in [1.807, 2.05) is 12.5 Å². The summed E-state index contributed by atoms with van der Waals surface area (Å²) in [6, 6.07) is 0.541. The van der Waals surface area contributed by atoms with E-state index in [9.17, 15) is 0 Å². The Hall–Kier alpha value is -0.790. The Kier molecular flexibility index (Phi) is 2.69. The van der Waals surface area contributed by atoms with Crippen molar-refractivity contribution in [2.45, 2.75) is 39.7 Å². The van der Waals surface area contributed by atoms with Gasteiger partial charge in [0.2, 0.25) is 0 Å². The molecular formula is C9H16N2. The van der Waals surface area contributed by atoms with Crippen molar-refractivity contribution in [1.82, 2.24) is 9.55 Å². The van der Waals surface area contributed by atoms with E-state index in [-0.39, 0.29) is 0 Å². The van der Waals surface area contributed by atoms with Crippen LogP contribution in [-0.4, -0.2) is 9.55 Å². The monoisotopic (exact) mass is 152 g/mol. The van der Waals surface area contributed by atoms with E-state index in [1.165, 1.54) is 12.1 Å². The van der Waals surface area contributed by atoms with Crippen molar-refractivity contribution in [2.75, 3.05) is 0 Å². The van der Waals surface area contributed by atoms with Gasteiger partial charge in [0.15, 0.2) is 0 Å². The molecule has 1 rings (SSSR count). The second kappa shape index (κ2) is 3.56. The minimum atomic E-state index is 0.541. The standard InChI is InChI=1S/C9H16N2/c1-4-5-9-6-10-7-11(9)8(2)3/h6-8H,4-5H2,1-3H3. The molecule has 0 aliphatic rings. The van der Waals surface area contributed by atoms with E-state index in [0.29, 0.717) is 6.04 Å². The van der Waals surface area contributed by atoms with E-state index in [0.717, 1.165) is 6.42 Å². The van der Waals surface area contributed by atoms with Crippen LogP contribution < -0.4 is 0 Å². The lowest BCUT2D eigenvalue weighted by Gasteiger charge is -2.10. The van der Waals surface area contributed by atoms with Crippen LogP contribution in [0.1, 0.15) is 38.9 Å². The van der Waals surface area contributed by atoms with Gasteiger partial charge in [-0.05, 0) is 20.3 Å². The molecule has 0 saturated carbocycles. The zero-order chi connectivity index (χ0) is 8.27. The summed E-state index contributed by atoms with van der Waals surface area (Å²) in [5.41, 5.74) is 1.35. The van der Waals surface area contributed by atoms with Gasteiger partial charge in [0.1, 0.15) is 0 Å². The van der Waals surface area contributed by atoms with Crippen LogP contribution >= 0.6 is 0 Å². The van der Waals surface area contributed by atoms with E-state index in [4.69, 9.17) is 0 Å². The molecule has 2 nitrogen and oxygen atoms in total. The number of nitrogens with zero attached hydrogens (tertiary/aromatic N) is 2. The smallest absolute Gasteiger partial charge is 0.0950 e. The van der Waals surface area contributed by atoms with Crippen molar-refractivity contribution >= 4 is 0 Å². The Morgan fingerprint density at radius 2 is 2.27 bits per heavy atom. The van der Waals surface area contributed by atoms with E-state index in [1.54, 1.807) is 0 Å². The molecule has 0 bridgehead atoms. The highest BCUT2D eigenvalue weighted by atomic mass is 15.1. The molecule has 0 aliphatic carbocycles. The van der Waals surface area contributed by atoms with Crippen LogP contribution in [0.2, 0.25) is 0 Å². The summed E-state index contributed by atoms with van der Waals surface area (Å²) in [6.45, 7) is 6.55. The van der Waals surface area contributed by atoms with Crippen molar-refractivity contribution in [2.24, 2.45) is 0 Å². The highest BCUT2D eigenvalue weighted by Crippen LogP contribution is 2.09. The van der Waals surface area contributed by atoms with Gasteiger partial charge in [-0.2, -0.15) is 0 Å². The zero-order valence-electron chi connectivity index (χ0n) is 7.54. The molecule has 11 heavy (non-hydrogen) atoms. The molecule has 0 saturated heterocycles. The van der Waals surface area contributed by atoms with E-state index >= 15 is 0 Å². The van der Waals surface area contributed by atoms with Crippen molar-refractivity contribution < 1.29 is 0 Å². The topological polar surface area (TPSA) is 17.8 Å². The van der Waals surface area contributed by atoms with Crippen LogP contribution in [0.15, 0.2) is 12.5 Å². The first kappa shape index (κ1) is 8.31. The molecular weight excluding hydrogens is 136 g/mol. The summed E-state index contributed by atoms with van der Waals surface area (Å²) in [5, 5.41) is 0. The number of imidazole rings is 1. The lowest BCUT2D eigenvalue weighted by atomic mass is 10.2. The normalized spacial score (nSPS) is 10.9. The van der Waals surface area contributed by atoms with Gasteiger partial charge in [-0.25, -0.2) is 4.98 Å². The lowest BCUT2D eigenvalue weighted by Crippen LogP contribution is -2.03. The summed E-state index contributed by atoms with van der Waals surface area (Å²) in [5.74, 6) is 0. The Morgan fingerprint density at radius 1 is 1.55 bits per heavy atom. The fourth-order valence-electron chi connectivity index (χ4n) is 1.25. The van der Waals surface area contributed by atoms with Crippen molar-refractivity contribution in [3.63, 3.8) is 0 Å². The molecule has 1 aromatic rings. The Morgan fingerprint density at radius 3 is 2.82 bits per heavy atom. The number of aromatic nitrogens is 2. The summed E-state index contributed by atoms with van der Waals surface area (Å²) in [7, 11) is 0. The molecule has 0 N–H and O–H groups in total. The molecule has 1 aromatic heterocycles.